The molecular formula is C11H21NO2. The van der Waals surface area contributed by atoms with Gasteiger partial charge in [-0.25, -0.2) is 0 Å². The summed E-state index contributed by atoms with van der Waals surface area (Å²) in [5.41, 5.74) is -0.239. The second kappa shape index (κ2) is 4.41. The van der Waals surface area contributed by atoms with E-state index in [-0.39, 0.29) is 17.6 Å². The van der Waals surface area contributed by atoms with Crippen LogP contribution in [0.4, 0.5) is 0 Å². The molecule has 0 unspecified atom stereocenters. The molecule has 14 heavy (non-hydrogen) atoms. The number of carbonyl (C=O) groups is 1. The molecule has 0 saturated carbocycles. The quantitative estimate of drug-likeness (QED) is 0.642. The average molecular weight is 199 g/mol. The van der Waals surface area contributed by atoms with E-state index in [2.05, 4.69) is 18.7 Å². The molecule has 1 heterocycles. The van der Waals surface area contributed by atoms with Crippen LogP contribution in [0, 0.1) is 5.41 Å². The summed E-state index contributed by atoms with van der Waals surface area (Å²) in [5.74, 6) is 0. The highest BCUT2D eigenvalue weighted by Crippen LogP contribution is 2.17. The Morgan fingerprint density at radius 3 is 2.29 bits per heavy atom. The van der Waals surface area contributed by atoms with Crippen molar-refractivity contribution in [2.45, 2.75) is 39.9 Å². The molecule has 1 aliphatic rings. The molecule has 0 aromatic carbocycles. The van der Waals surface area contributed by atoms with Crippen LogP contribution in [0.15, 0.2) is 0 Å². The van der Waals surface area contributed by atoms with Gasteiger partial charge >= 0.3 is 0 Å². The van der Waals surface area contributed by atoms with Crippen LogP contribution in [-0.4, -0.2) is 43.0 Å². The van der Waals surface area contributed by atoms with Crippen LogP contribution < -0.4 is 0 Å². The van der Waals surface area contributed by atoms with E-state index in [1.807, 2.05) is 13.8 Å². The maximum absolute atomic E-state index is 10.8. The molecule has 0 radical (unpaired) electrons. The van der Waals surface area contributed by atoms with Gasteiger partial charge in [-0.15, -0.1) is 0 Å². The number of rotatable bonds is 3. The van der Waals surface area contributed by atoms with Crippen LogP contribution in [0.25, 0.3) is 0 Å². The minimum atomic E-state index is -0.239. The Balaban J connectivity index is 2.48. The lowest BCUT2D eigenvalue weighted by Gasteiger charge is -2.38. The summed E-state index contributed by atoms with van der Waals surface area (Å²) in [6, 6.07) is 0. The van der Waals surface area contributed by atoms with Gasteiger partial charge in [-0.05, 0) is 13.8 Å². The van der Waals surface area contributed by atoms with Gasteiger partial charge in [-0.2, -0.15) is 0 Å². The van der Waals surface area contributed by atoms with E-state index in [0.29, 0.717) is 0 Å². The van der Waals surface area contributed by atoms with Crippen LogP contribution in [0.3, 0.4) is 0 Å². The van der Waals surface area contributed by atoms with E-state index in [9.17, 15) is 4.79 Å². The molecule has 0 spiro atoms. The van der Waals surface area contributed by atoms with Crippen molar-refractivity contribution >= 4 is 6.29 Å². The fraction of sp³-hybridized carbons (Fsp3) is 0.909. The smallest absolute Gasteiger partial charge is 0.126 e. The van der Waals surface area contributed by atoms with E-state index < -0.39 is 0 Å². The molecule has 2 atom stereocenters. The van der Waals surface area contributed by atoms with Gasteiger partial charge < -0.3 is 9.53 Å². The highest BCUT2D eigenvalue weighted by molar-refractivity contribution is 5.58. The Labute approximate surface area is 86.4 Å². The predicted octanol–water partition coefficient (Wildman–Crippen LogP) is 1.32. The molecule has 3 heteroatoms. The van der Waals surface area contributed by atoms with Crippen LogP contribution in [0.1, 0.15) is 27.7 Å². The fourth-order valence-corrected chi connectivity index (χ4v) is 2.03. The summed E-state index contributed by atoms with van der Waals surface area (Å²) in [6.07, 6.45) is 1.60. The number of hydrogen-bond donors (Lipinski definition) is 0. The Morgan fingerprint density at radius 1 is 1.36 bits per heavy atom. The SMILES string of the molecule is C[C@@H]1CN(CC(C)(C)C=O)C[C@H](C)O1. The van der Waals surface area contributed by atoms with Crippen molar-refractivity contribution in [3.63, 3.8) is 0 Å². The lowest BCUT2D eigenvalue weighted by molar-refractivity contribution is -0.118. The number of ether oxygens (including phenoxy) is 1. The molecular weight excluding hydrogens is 178 g/mol. The first-order chi connectivity index (χ1) is 6.43. The Morgan fingerprint density at radius 2 is 1.86 bits per heavy atom. The van der Waals surface area contributed by atoms with Gasteiger partial charge in [0, 0.05) is 25.0 Å². The number of nitrogens with zero attached hydrogens (tertiary/aromatic N) is 1. The molecule has 3 nitrogen and oxygen atoms in total. The molecule has 0 bridgehead atoms. The van der Waals surface area contributed by atoms with E-state index in [0.717, 1.165) is 25.9 Å². The van der Waals surface area contributed by atoms with Crippen LogP contribution in [0.2, 0.25) is 0 Å². The van der Waals surface area contributed by atoms with Crippen LogP contribution in [0.5, 0.6) is 0 Å². The second-order valence-corrected chi connectivity index (χ2v) is 5.06. The minimum absolute atomic E-state index is 0.239. The molecule has 82 valence electrons. The first-order valence-corrected chi connectivity index (χ1v) is 5.27. The summed E-state index contributed by atoms with van der Waals surface area (Å²) in [7, 11) is 0. The van der Waals surface area contributed by atoms with E-state index in [1.54, 1.807) is 0 Å². The average Bonchev–Trinajstić information content (AvgIpc) is 2.01. The zero-order chi connectivity index (χ0) is 10.8. The number of morpholine rings is 1. The maximum Gasteiger partial charge on any atom is 0.126 e. The highest BCUT2D eigenvalue weighted by Gasteiger charge is 2.27. The maximum atomic E-state index is 10.8. The Bertz CT molecular complexity index is 193. The van der Waals surface area contributed by atoms with Gasteiger partial charge in [-0.3, -0.25) is 4.90 Å². The van der Waals surface area contributed by atoms with Crippen molar-refractivity contribution in [2.75, 3.05) is 19.6 Å². The fourth-order valence-electron chi connectivity index (χ4n) is 2.03. The van der Waals surface area contributed by atoms with Gasteiger partial charge in [0.2, 0.25) is 0 Å². The van der Waals surface area contributed by atoms with Gasteiger partial charge in [0.05, 0.1) is 12.2 Å². The third kappa shape index (κ3) is 3.39. The van der Waals surface area contributed by atoms with E-state index in [4.69, 9.17) is 4.74 Å². The molecule has 1 aliphatic heterocycles. The first-order valence-electron chi connectivity index (χ1n) is 5.27. The first kappa shape index (κ1) is 11.7. The van der Waals surface area contributed by atoms with Crippen molar-refractivity contribution in [1.29, 1.82) is 0 Å². The molecule has 0 aromatic heterocycles. The second-order valence-electron chi connectivity index (χ2n) is 5.06. The zero-order valence-corrected chi connectivity index (χ0v) is 9.62. The number of aldehydes is 1. The van der Waals surface area contributed by atoms with Crippen molar-refractivity contribution in [3.8, 4) is 0 Å². The molecule has 1 rings (SSSR count). The lowest BCUT2D eigenvalue weighted by atomic mass is 9.94. The van der Waals surface area contributed by atoms with Crippen LogP contribution in [-0.2, 0) is 9.53 Å². The molecule has 0 aliphatic carbocycles. The van der Waals surface area contributed by atoms with E-state index in [1.165, 1.54) is 0 Å². The third-order valence-electron chi connectivity index (χ3n) is 2.45. The highest BCUT2D eigenvalue weighted by atomic mass is 16.5. The molecule has 1 fully saturated rings. The number of carbonyl (C=O) groups excluding carboxylic acids is 1. The monoisotopic (exact) mass is 199 g/mol. The lowest BCUT2D eigenvalue weighted by Crippen LogP contribution is -2.48. The van der Waals surface area contributed by atoms with Crippen molar-refractivity contribution in [2.24, 2.45) is 5.41 Å². The van der Waals surface area contributed by atoms with Gasteiger partial charge in [0.15, 0.2) is 0 Å². The van der Waals surface area contributed by atoms with Gasteiger partial charge in [0.25, 0.3) is 0 Å². The molecule has 0 N–H and O–H groups in total. The standard InChI is InChI=1S/C11H21NO2/c1-9-5-12(6-10(2)14-9)7-11(3,4)8-13/h8-10H,5-7H2,1-4H3/t9-,10+. The summed E-state index contributed by atoms with van der Waals surface area (Å²) < 4.78 is 5.63. The predicted molar refractivity (Wildman–Crippen MR) is 56.3 cm³/mol. The van der Waals surface area contributed by atoms with Gasteiger partial charge in [-0.1, -0.05) is 13.8 Å². The number of hydrogen-bond acceptors (Lipinski definition) is 3. The van der Waals surface area contributed by atoms with Gasteiger partial charge in [0.1, 0.15) is 6.29 Å². The summed E-state index contributed by atoms with van der Waals surface area (Å²) in [4.78, 5) is 13.1. The minimum Gasteiger partial charge on any atom is -0.373 e. The summed E-state index contributed by atoms with van der Waals surface area (Å²) >= 11 is 0. The molecule has 1 saturated heterocycles. The van der Waals surface area contributed by atoms with Crippen LogP contribution >= 0.6 is 0 Å². The molecule has 0 amide bonds. The van der Waals surface area contributed by atoms with Crippen molar-refractivity contribution in [1.82, 2.24) is 4.90 Å². The molecule has 0 aromatic rings. The third-order valence-corrected chi connectivity index (χ3v) is 2.45. The Hall–Kier alpha value is -0.410. The largest absolute Gasteiger partial charge is 0.373 e. The Kier molecular flexibility index (Phi) is 3.67. The summed E-state index contributed by atoms with van der Waals surface area (Å²) in [6.45, 7) is 10.8. The van der Waals surface area contributed by atoms with E-state index >= 15 is 0 Å². The van der Waals surface area contributed by atoms with Crippen molar-refractivity contribution in [3.05, 3.63) is 0 Å². The van der Waals surface area contributed by atoms with Crippen molar-refractivity contribution < 1.29 is 9.53 Å². The normalized spacial score (nSPS) is 30.3. The summed E-state index contributed by atoms with van der Waals surface area (Å²) in [5, 5.41) is 0. The topological polar surface area (TPSA) is 29.5 Å². The zero-order valence-electron chi connectivity index (χ0n) is 9.62.